The van der Waals surface area contributed by atoms with Crippen LogP contribution in [0.15, 0.2) is 35.6 Å². The maximum atomic E-state index is 12.3. The maximum absolute atomic E-state index is 12.3. The summed E-state index contributed by atoms with van der Waals surface area (Å²) in [5.74, 6) is -0.220. The van der Waals surface area contributed by atoms with Gasteiger partial charge < -0.3 is 9.67 Å². The standard InChI is InChI=1S/C12H13ClN2O3S/c1-15-10(7-16)6-14-12(15)19(17,18)8-9-4-2-3-5-11(9)13/h2-6,16H,7-8H2,1H3. The molecular weight excluding hydrogens is 288 g/mol. The fourth-order valence-corrected chi connectivity index (χ4v) is 3.57. The van der Waals surface area contributed by atoms with Gasteiger partial charge in [-0.2, -0.15) is 0 Å². The second-order valence-electron chi connectivity index (χ2n) is 4.10. The summed E-state index contributed by atoms with van der Waals surface area (Å²) >= 11 is 5.96. The molecule has 0 fully saturated rings. The third-order valence-corrected chi connectivity index (χ3v) is 4.78. The average molecular weight is 301 g/mol. The Labute approximate surface area is 116 Å². The van der Waals surface area contributed by atoms with Crippen LogP contribution in [0, 0.1) is 0 Å². The van der Waals surface area contributed by atoms with Crippen molar-refractivity contribution in [3.8, 4) is 0 Å². The highest BCUT2D eigenvalue weighted by atomic mass is 35.5. The first-order valence-electron chi connectivity index (χ1n) is 5.53. The normalized spacial score (nSPS) is 11.7. The molecule has 1 aromatic carbocycles. The van der Waals surface area contributed by atoms with Crippen LogP contribution in [0.1, 0.15) is 11.3 Å². The second-order valence-corrected chi connectivity index (χ2v) is 6.39. The number of aliphatic hydroxyl groups is 1. The molecule has 1 N–H and O–H groups in total. The first-order valence-corrected chi connectivity index (χ1v) is 7.56. The van der Waals surface area contributed by atoms with Gasteiger partial charge in [-0.1, -0.05) is 29.8 Å². The average Bonchev–Trinajstić information content (AvgIpc) is 2.74. The molecule has 0 aliphatic rings. The molecule has 1 aromatic heterocycles. The number of aliphatic hydroxyl groups excluding tert-OH is 1. The number of rotatable bonds is 4. The summed E-state index contributed by atoms with van der Waals surface area (Å²) in [6, 6.07) is 6.77. The van der Waals surface area contributed by atoms with Gasteiger partial charge in [-0.25, -0.2) is 13.4 Å². The Balaban J connectivity index is 2.38. The van der Waals surface area contributed by atoms with E-state index in [1.807, 2.05) is 0 Å². The molecule has 0 saturated heterocycles. The van der Waals surface area contributed by atoms with Crippen LogP contribution in [-0.4, -0.2) is 23.1 Å². The molecule has 7 heteroatoms. The summed E-state index contributed by atoms with van der Waals surface area (Å²) in [6.07, 6.45) is 1.35. The predicted octanol–water partition coefficient (Wildman–Crippen LogP) is 1.54. The molecule has 0 amide bonds. The van der Waals surface area contributed by atoms with Crippen molar-refractivity contribution in [2.45, 2.75) is 17.5 Å². The van der Waals surface area contributed by atoms with Gasteiger partial charge >= 0.3 is 0 Å². The fourth-order valence-electron chi connectivity index (χ4n) is 1.75. The molecule has 0 saturated carbocycles. The van der Waals surface area contributed by atoms with Crippen LogP contribution in [0.4, 0.5) is 0 Å². The van der Waals surface area contributed by atoms with Gasteiger partial charge in [0.1, 0.15) is 0 Å². The van der Waals surface area contributed by atoms with E-state index in [1.165, 1.54) is 10.8 Å². The lowest BCUT2D eigenvalue weighted by atomic mass is 10.2. The highest BCUT2D eigenvalue weighted by Crippen LogP contribution is 2.21. The third kappa shape index (κ3) is 2.80. The molecular formula is C12H13ClN2O3S. The highest BCUT2D eigenvalue weighted by molar-refractivity contribution is 7.90. The van der Waals surface area contributed by atoms with E-state index in [1.54, 1.807) is 31.3 Å². The minimum Gasteiger partial charge on any atom is -0.390 e. The molecule has 0 radical (unpaired) electrons. The summed E-state index contributed by atoms with van der Waals surface area (Å²) in [7, 11) is -2.05. The Hall–Kier alpha value is -1.37. The van der Waals surface area contributed by atoms with Gasteiger partial charge in [0.25, 0.3) is 0 Å². The molecule has 1 heterocycles. The van der Waals surface area contributed by atoms with Crippen LogP contribution in [0.25, 0.3) is 0 Å². The molecule has 0 bridgehead atoms. The quantitative estimate of drug-likeness (QED) is 0.929. The van der Waals surface area contributed by atoms with Crippen molar-refractivity contribution >= 4 is 21.4 Å². The smallest absolute Gasteiger partial charge is 0.227 e. The molecule has 0 atom stereocenters. The van der Waals surface area contributed by atoms with Crippen molar-refractivity contribution in [3.63, 3.8) is 0 Å². The number of halogens is 1. The summed E-state index contributed by atoms with van der Waals surface area (Å²) < 4.78 is 25.9. The third-order valence-electron chi connectivity index (χ3n) is 2.79. The zero-order valence-electron chi connectivity index (χ0n) is 10.2. The number of nitrogens with zero attached hydrogens (tertiary/aromatic N) is 2. The largest absolute Gasteiger partial charge is 0.390 e. The molecule has 0 spiro atoms. The minimum absolute atomic E-state index is 0.0727. The molecule has 2 rings (SSSR count). The van der Waals surface area contributed by atoms with Crippen LogP contribution in [0.2, 0.25) is 5.02 Å². The Morgan fingerprint density at radius 3 is 2.63 bits per heavy atom. The Morgan fingerprint density at radius 1 is 1.37 bits per heavy atom. The van der Waals surface area contributed by atoms with Gasteiger partial charge in [0.15, 0.2) is 0 Å². The molecule has 0 aliphatic carbocycles. The number of hydrogen-bond donors (Lipinski definition) is 1. The number of benzene rings is 1. The summed E-state index contributed by atoms with van der Waals surface area (Å²) in [5.41, 5.74) is 0.968. The number of hydrogen-bond acceptors (Lipinski definition) is 4. The number of sulfone groups is 1. The lowest BCUT2D eigenvalue weighted by molar-refractivity contribution is 0.271. The van der Waals surface area contributed by atoms with E-state index in [2.05, 4.69) is 4.98 Å². The van der Waals surface area contributed by atoms with E-state index in [0.29, 0.717) is 16.3 Å². The molecule has 2 aromatic rings. The van der Waals surface area contributed by atoms with Gasteiger partial charge in [0, 0.05) is 12.1 Å². The van der Waals surface area contributed by atoms with Crippen LogP contribution in [0.3, 0.4) is 0 Å². The first-order chi connectivity index (χ1) is 8.95. The van der Waals surface area contributed by atoms with Gasteiger partial charge in [-0.15, -0.1) is 0 Å². The molecule has 5 nitrogen and oxygen atoms in total. The minimum atomic E-state index is -3.60. The molecule has 0 aliphatic heterocycles. The van der Waals surface area contributed by atoms with Crippen LogP contribution in [0.5, 0.6) is 0 Å². The van der Waals surface area contributed by atoms with Crippen LogP contribution >= 0.6 is 11.6 Å². The van der Waals surface area contributed by atoms with E-state index in [9.17, 15) is 8.42 Å². The van der Waals surface area contributed by atoms with E-state index in [4.69, 9.17) is 16.7 Å². The topological polar surface area (TPSA) is 72.2 Å². The number of imidazole rings is 1. The van der Waals surface area contributed by atoms with Gasteiger partial charge in [0.05, 0.1) is 24.3 Å². The van der Waals surface area contributed by atoms with Crippen molar-refractivity contribution in [3.05, 3.63) is 46.7 Å². The zero-order valence-corrected chi connectivity index (χ0v) is 11.8. The molecule has 0 unspecified atom stereocenters. The van der Waals surface area contributed by atoms with Crippen LogP contribution in [-0.2, 0) is 29.2 Å². The monoisotopic (exact) mass is 300 g/mol. The predicted molar refractivity (Wildman–Crippen MR) is 71.5 cm³/mol. The Morgan fingerprint density at radius 2 is 2.05 bits per heavy atom. The van der Waals surface area contributed by atoms with E-state index in [0.717, 1.165) is 0 Å². The van der Waals surface area contributed by atoms with Crippen molar-refractivity contribution in [1.82, 2.24) is 9.55 Å². The lowest BCUT2D eigenvalue weighted by Gasteiger charge is -2.07. The second kappa shape index (κ2) is 5.32. The Kier molecular flexibility index (Phi) is 3.93. The van der Waals surface area contributed by atoms with Gasteiger partial charge in [0.2, 0.25) is 15.0 Å². The van der Waals surface area contributed by atoms with E-state index < -0.39 is 9.84 Å². The van der Waals surface area contributed by atoms with Crippen molar-refractivity contribution in [1.29, 1.82) is 0 Å². The highest BCUT2D eigenvalue weighted by Gasteiger charge is 2.22. The molecule has 102 valence electrons. The zero-order chi connectivity index (χ0) is 14.0. The van der Waals surface area contributed by atoms with Gasteiger partial charge in [-0.05, 0) is 11.6 Å². The SMILES string of the molecule is Cn1c(CO)cnc1S(=O)(=O)Cc1ccccc1Cl. The van der Waals surface area contributed by atoms with Crippen molar-refractivity contribution < 1.29 is 13.5 Å². The summed E-state index contributed by atoms with van der Waals surface area (Å²) in [5, 5.41) is 9.39. The van der Waals surface area contributed by atoms with E-state index in [-0.39, 0.29) is 17.5 Å². The van der Waals surface area contributed by atoms with Crippen LogP contribution < -0.4 is 0 Å². The Bertz CT molecular complexity index is 695. The van der Waals surface area contributed by atoms with Crippen molar-refractivity contribution in [2.24, 2.45) is 7.05 Å². The summed E-state index contributed by atoms with van der Waals surface area (Å²) in [6.45, 7) is -0.259. The van der Waals surface area contributed by atoms with Crippen molar-refractivity contribution in [2.75, 3.05) is 0 Å². The van der Waals surface area contributed by atoms with Gasteiger partial charge in [-0.3, -0.25) is 0 Å². The first kappa shape index (κ1) is 14.0. The fraction of sp³-hybridized carbons (Fsp3) is 0.250. The van der Waals surface area contributed by atoms with E-state index >= 15 is 0 Å². The number of aromatic nitrogens is 2. The molecule has 19 heavy (non-hydrogen) atoms. The maximum Gasteiger partial charge on any atom is 0.227 e. The lowest BCUT2D eigenvalue weighted by Crippen LogP contribution is -2.12. The summed E-state index contributed by atoms with van der Waals surface area (Å²) in [4.78, 5) is 3.86.